The van der Waals surface area contributed by atoms with Crippen molar-refractivity contribution in [2.75, 3.05) is 5.32 Å². The lowest BCUT2D eigenvalue weighted by Gasteiger charge is -2.19. The summed E-state index contributed by atoms with van der Waals surface area (Å²) in [6.07, 6.45) is 1.03. The summed E-state index contributed by atoms with van der Waals surface area (Å²) in [4.78, 5) is 11.8. The van der Waals surface area contributed by atoms with Crippen LogP contribution in [0.2, 0.25) is 0 Å². The zero-order valence-corrected chi connectivity index (χ0v) is 12.5. The molecule has 1 aromatic carbocycles. The van der Waals surface area contributed by atoms with E-state index in [4.69, 9.17) is 13.7 Å². The van der Waals surface area contributed by atoms with Gasteiger partial charge in [0.25, 0.3) is 0 Å². The number of anilines is 1. The summed E-state index contributed by atoms with van der Waals surface area (Å²) in [7, 11) is 0. The zero-order valence-electron chi connectivity index (χ0n) is 12.5. The molecule has 3 rings (SSSR count). The van der Waals surface area contributed by atoms with Crippen LogP contribution >= 0.6 is 0 Å². The third-order valence-electron chi connectivity index (χ3n) is 2.90. The van der Waals surface area contributed by atoms with Gasteiger partial charge >= 0.3 is 6.09 Å². The molecule has 2 aromatic heterocycles. The lowest BCUT2D eigenvalue weighted by atomic mass is 10.1. The second-order valence-corrected chi connectivity index (χ2v) is 5.85. The fourth-order valence-corrected chi connectivity index (χ4v) is 2.03. The summed E-state index contributed by atoms with van der Waals surface area (Å²) < 4.78 is 15.8. The first-order valence-corrected chi connectivity index (χ1v) is 6.86. The van der Waals surface area contributed by atoms with Crippen LogP contribution in [0.1, 0.15) is 20.8 Å². The molecule has 6 heteroatoms. The van der Waals surface area contributed by atoms with Crippen LogP contribution in [0.5, 0.6) is 0 Å². The lowest BCUT2D eigenvalue weighted by Crippen LogP contribution is -2.27. The number of carbonyl (C=O) groups excluding carboxylic acids is 1. The summed E-state index contributed by atoms with van der Waals surface area (Å²) in [5.41, 5.74) is 0.859. The number of hydrogen-bond donors (Lipinski definition) is 1. The van der Waals surface area contributed by atoms with E-state index in [1.54, 1.807) is 33.1 Å². The molecule has 0 atom stereocenters. The van der Waals surface area contributed by atoms with Crippen LogP contribution in [-0.4, -0.2) is 16.9 Å². The van der Waals surface area contributed by atoms with Crippen molar-refractivity contribution in [3.63, 3.8) is 0 Å². The van der Waals surface area contributed by atoms with Crippen LogP contribution in [0.3, 0.4) is 0 Å². The Morgan fingerprint density at radius 3 is 2.77 bits per heavy atom. The molecule has 114 valence electrons. The summed E-state index contributed by atoms with van der Waals surface area (Å²) >= 11 is 0. The molecule has 22 heavy (non-hydrogen) atoms. The van der Waals surface area contributed by atoms with Crippen molar-refractivity contribution in [2.24, 2.45) is 0 Å². The van der Waals surface area contributed by atoms with Gasteiger partial charge in [-0.25, -0.2) is 4.79 Å². The predicted octanol–water partition coefficient (Wildman–Crippen LogP) is 4.43. The molecule has 0 saturated carbocycles. The van der Waals surface area contributed by atoms with Gasteiger partial charge in [0.15, 0.2) is 11.4 Å². The van der Waals surface area contributed by atoms with Crippen molar-refractivity contribution in [1.29, 1.82) is 0 Å². The molecule has 0 spiro atoms. The number of furan rings is 1. The maximum absolute atomic E-state index is 11.8. The number of rotatable bonds is 2. The van der Waals surface area contributed by atoms with Gasteiger partial charge in [0.2, 0.25) is 0 Å². The second-order valence-electron chi connectivity index (χ2n) is 5.85. The standard InChI is InChI=1S/C16H16N2O4/c1-16(2,3)21-15(19)17-14-11-9-10(12-5-4-8-20-12)6-7-13(11)22-18-14/h4-9H,1-3H3,(H,17,18,19). The highest BCUT2D eigenvalue weighted by molar-refractivity contribution is 5.97. The van der Waals surface area contributed by atoms with Gasteiger partial charge in [0.1, 0.15) is 11.4 Å². The minimum Gasteiger partial charge on any atom is -0.464 e. The first-order valence-electron chi connectivity index (χ1n) is 6.86. The molecule has 1 N–H and O–H groups in total. The van der Waals surface area contributed by atoms with E-state index < -0.39 is 11.7 Å². The predicted molar refractivity (Wildman–Crippen MR) is 81.6 cm³/mol. The normalized spacial score (nSPS) is 11.6. The van der Waals surface area contributed by atoms with E-state index in [1.807, 2.05) is 24.3 Å². The molecule has 0 saturated heterocycles. The molecule has 0 radical (unpaired) electrons. The van der Waals surface area contributed by atoms with E-state index in [1.165, 1.54) is 0 Å². The Balaban J connectivity index is 1.90. The first kappa shape index (κ1) is 14.2. The molecule has 0 unspecified atom stereocenters. The average molecular weight is 300 g/mol. The average Bonchev–Trinajstić information content (AvgIpc) is 3.06. The smallest absolute Gasteiger partial charge is 0.413 e. The number of aromatic nitrogens is 1. The van der Waals surface area contributed by atoms with Crippen molar-refractivity contribution in [3.8, 4) is 11.3 Å². The molecular weight excluding hydrogens is 284 g/mol. The molecule has 1 amide bonds. The van der Waals surface area contributed by atoms with E-state index in [9.17, 15) is 4.79 Å². The van der Waals surface area contributed by atoms with Gasteiger partial charge in [-0.1, -0.05) is 5.16 Å². The molecular formula is C16H16N2O4. The fourth-order valence-electron chi connectivity index (χ4n) is 2.03. The number of amides is 1. The number of nitrogens with one attached hydrogen (secondary N) is 1. The Hall–Kier alpha value is -2.76. The van der Waals surface area contributed by atoms with Gasteiger partial charge in [-0.3, -0.25) is 5.32 Å². The Morgan fingerprint density at radius 1 is 1.27 bits per heavy atom. The molecule has 6 nitrogen and oxygen atoms in total. The Labute approximate surface area is 127 Å². The second kappa shape index (κ2) is 5.22. The van der Waals surface area contributed by atoms with Crippen molar-refractivity contribution < 1.29 is 18.5 Å². The van der Waals surface area contributed by atoms with E-state index in [2.05, 4.69) is 10.5 Å². The highest BCUT2D eigenvalue weighted by atomic mass is 16.6. The third kappa shape index (κ3) is 2.95. The topological polar surface area (TPSA) is 77.5 Å². The summed E-state index contributed by atoms with van der Waals surface area (Å²) in [5, 5.41) is 7.15. The molecule has 3 aromatic rings. The number of ether oxygens (including phenoxy) is 1. The van der Waals surface area contributed by atoms with E-state index in [0.29, 0.717) is 16.8 Å². The summed E-state index contributed by atoms with van der Waals surface area (Å²) in [6.45, 7) is 5.38. The quantitative estimate of drug-likeness (QED) is 0.757. The van der Waals surface area contributed by atoms with E-state index >= 15 is 0 Å². The first-order chi connectivity index (χ1) is 10.4. The monoisotopic (exact) mass is 300 g/mol. The summed E-state index contributed by atoms with van der Waals surface area (Å²) in [5.74, 6) is 1.05. The minimum atomic E-state index is -0.580. The Bertz CT molecular complexity index is 797. The molecule has 0 aliphatic rings. The van der Waals surface area contributed by atoms with Gasteiger partial charge < -0.3 is 13.7 Å². The van der Waals surface area contributed by atoms with Crippen LogP contribution in [-0.2, 0) is 4.74 Å². The van der Waals surface area contributed by atoms with Crippen LogP contribution in [0.15, 0.2) is 45.5 Å². The molecule has 2 heterocycles. The summed E-state index contributed by atoms with van der Waals surface area (Å²) in [6, 6.07) is 9.16. The van der Waals surface area contributed by atoms with Crippen molar-refractivity contribution in [1.82, 2.24) is 5.16 Å². The van der Waals surface area contributed by atoms with E-state index in [0.717, 1.165) is 11.3 Å². The number of fused-ring (bicyclic) bond motifs is 1. The number of hydrogen-bond acceptors (Lipinski definition) is 5. The van der Waals surface area contributed by atoms with Crippen LogP contribution in [0.25, 0.3) is 22.3 Å². The third-order valence-corrected chi connectivity index (χ3v) is 2.90. The Morgan fingerprint density at radius 2 is 2.09 bits per heavy atom. The molecule has 0 fully saturated rings. The molecule has 0 bridgehead atoms. The van der Waals surface area contributed by atoms with Crippen LogP contribution < -0.4 is 5.32 Å². The van der Waals surface area contributed by atoms with Crippen molar-refractivity contribution >= 4 is 22.9 Å². The lowest BCUT2D eigenvalue weighted by molar-refractivity contribution is 0.0635. The number of benzene rings is 1. The number of carbonyl (C=O) groups is 1. The van der Waals surface area contributed by atoms with E-state index in [-0.39, 0.29) is 0 Å². The highest BCUT2D eigenvalue weighted by Gasteiger charge is 2.19. The van der Waals surface area contributed by atoms with Crippen LogP contribution in [0, 0.1) is 0 Å². The van der Waals surface area contributed by atoms with Gasteiger partial charge in [0.05, 0.1) is 11.6 Å². The van der Waals surface area contributed by atoms with Crippen molar-refractivity contribution in [3.05, 3.63) is 36.6 Å². The zero-order chi connectivity index (χ0) is 15.7. The van der Waals surface area contributed by atoms with Gasteiger partial charge in [-0.15, -0.1) is 0 Å². The van der Waals surface area contributed by atoms with Crippen LogP contribution in [0.4, 0.5) is 10.6 Å². The maximum Gasteiger partial charge on any atom is 0.413 e. The molecule has 0 aliphatic heterocycles. The van der Waals surface area contributed by atoms with Gasteiger partial charge in [-0.05, 0) is 51.1 Å². The fraction of sp³-hybridized carbons (Fsp3) is 0.250. The maximum atomic E-state index is 11.8. The van der Waals surface area contributed by atoms with Crippen molar-refractivity contribution in [2.45, 2.75) is 26.4 Å². The van der Waals surface area contributed by atoms with Gasteiger partial charge in [0, 0.05) is 5.56 Å². The highest BCUT2D eigenvalue weighted by Crippen LogP contribution is 2.29. The number of nitrogens with zero attached hydrogens (tertiary/aromatic N) is 1. The van der Waals surface area contributed by atoms with Gasteiger partial charge in [-0.2, -0.15) is 0 Å². The Kier molecular flexibility index (Phi) is 3.36. The minimum absolute atomic E-state index is 0.317. The SMILES string of the molecule is CC(C)(C)OC(=O)Nc1noc2ccc(-c3ccco3)cc12. The largest absolute Gasteiger partial charge is 0.464 e. The molecule has 0 aliphatic carbocycles.